The van der Waals surface area contributed by atoms with Gasteiger partial charge in [0.2, 0.25) is 0 Å². The molecular weight excluding hydrogens is 395 g/mol. The number of carbonyl (C=O) groups excluding carboxylic acids is 1. The fourth-order valence-electron chi connectivity index (χ4n) is 3.08. The summed E-state index contributed by atoms with van der Waals surface area (Å²) in [5.74, 6) is -2.92. The third-order valence-electron chi connectivity index (χ3n) is 4.85. The number of hydrogen-bond acceptors (Lipinski definition) is 4. The van der Waals surface area contributed by atoms with Crippen molar-refractivity contribution in [2.45, 2.75) is 24.0 Å². The number of carbonyl (C=O) groups is 1. The molecule has 0 radical (unpaired) electrons. The van der Waals surface area contributed by atoms with Crippen molar-refractivity contribution in [1.82, 2.24) is 4.98 Å². The third-order valence-corrected chi connectivity index (χ3v) is 4.85. The number of nitrogens with two attached hydrogens (primary N) is 1. The number of aliphatic imine (C=N–C) groups is 1. The molecule has 154 valence electrons. The van der Waals surface area contributed by atoms with Crippen molar-refractivity contribution >= 4 is 17.4 Å². The van der Waals surface area contributed by atoms with E-state index in [4.69, 9.17) is 5.73 Å². The molecule has 0 aliphatic carbocycles. The molecule has 5 nitrogen and oxygen atoms in total. The van der Waals surface area contributed by atoms with Gasteiger partial charge in [-0.3, -0.25) is 9.79 Å². The predicted octanol–water partition coefficient (Wildman–Crippen LogP) is 3.61. The molecule has 10 heteroatoms. The Kier molecular flexibility index (Phi) is 5.54. The minimum absolute atomic E-state index is 0.0849. The van der Waals surface area contributed by atoms with Crippen molar-refractivity contribution in [3.8, 4) is 0 Å². The minimum atomic E-state index is -2.52. The summed E-state index contributed by atoms with van der Waals surface area (Å²) < 4.78 is 68.6. The van der Waals surface area contributed by atoms with Crippen LogP contribution in [0.15, 0.2) is 41.5 Å². The Labute approximate surface area is 162 Å². The van der Waals surface area contributed by atoms with Crippen LogP contribution >= 0.6 is 0 Å². The number of pyridine rings is 1. The smallest absolute Gasteiger partial charge is 0.274 e. The molecule has 0 spiro atoms. The number of amides is 1. The molecule has 1 amide bonds. The van der Waals surface area contributed by atoms with Gasteiger partial charge in [-0.05, 0) is 43.2 Å². The van der Waals surface area contributed by atoms with Gasteiger partial charge in [0.05, 0.1) is 6.20 Å². The van der Waals surface area contributed by atoms with Crippen LogP contribution in [-0.2, 0) is 5.54 Å². The molecular formula is C19H17F5N4O. The maximum atomic E-state index is 14.5. The van der Waals surface area contributed by atoms with Gasteiger partial charge in [-0.2, -0.15) is 0 Å². The molecule has 0 bridgehead atoms. The largest absolute Gasteiger partial charge is 0.385 e. The van der Waals surface area contributed by atoms with Crippen LogP contribution in [0.1, 0.15) is 28.9 Å². The molecule has 1 aromatic heterocycles. The highest BCUT2D eigenvalue weighted by Gasteiger charge is 2.47. The van der Waals surface area contributed by atoms with Gasteiger partial charge in [-0.25, -0.2) is 26.9 Å². The van der Waals surface area contributed by atoms with Crippen molar-refractivity contribution in [1.29, 1.82) is 0 Å². The van der Waals surface area contributed by atoms with Crippen molar-refractivity contribution in [2.24, 2.45) is 10.7 Å². The fraction of sp³-hybridized carbons (Fsp3) is 0.316. The zero-order chi connectivity index (χ0) is 21.2. The molecule has 0 unspecified atom stereocenters. The zero-order valence-electron chi connectivity index (χ0n) is 15.1. The van der Waals surface area contributed by atoms with E-state index in [-0.39, 0.29) is 23.4 Å². The first kappa shape index (κ1) is 20.7. The average molecular weight is 412 g/mol. The van der Waals surface area contributed by atoms with E-state index in [1.54, 1.807) is 0 Å². The van der Waals surface area contributed by atoms with E-state index in [0.29, 0.717) is 0 Å². The molecule has 1 aromatic carbocycles. The first-order chi connectivity index (χ1) is 13.7. The zero-order valence-corrected chi connectivity index (χ0v) is 15.1. The summed E-state index contributed by atoms with van der Waals surface area (Å²) in [6.45, 7) is -2.63. The number of rotatable bonds is 5. The number of aromatic nitrogens is 1. The van der Waals surface area contributed by atoms with Gasteiger partial charge in [-0.1, -0.05) is 0 Å². The van der Waals surface area contributed by atoms with Gasteiger partial charge in [0, 0.05) is 11.3 Å². The summed E-state index contributed by atoms with van der Waals surface area (Å²) in [6, 6.07) is 5.56. The maximum absolute atomic E-state index is 14.5. The maximum Gasteiger partial charge on any atom is 0.274 e. The highest BCUT2D eigenvalue weighted by atomic mass is 19.2. The van der Waals surface area contributed by atoms with E-state index in [1.807, 2.05) is 0 Å². The second-order valence-electron chi connectivity index (χ2n) is 6.77. The van der Waals surface area contributed by atoms with Crippen LogP contribution in [0.25, 0.3) is 0 Å². The lowest BCUT2D eigenvalue weighted by molar-refractivity contribution is 0.102. The monoisotopic (exact) mass is 412 g/mol. The lowest BCUT2D eigenvalue weighted by Crippen LogP contribution is -2.49. The summed E-state index contributed by atoms with van der Waals surface area (Å²) in [6.07, 6.45) is 0.0629. The molecule has 3 rings (SSSR count). The van der Waals surface area contributed by atoms with Crippen LogP contribution in [0.3, 0.4) is 0 Å². The van der Waals surface area contributed by atoms with Crippen LogP contribution in [0, 0.1) is 11.6 Å². The van der Waals surface area contributed by atoms with Crippen molar-refractivity contribution in [2.75, 3.05) is 18.7 Å². The van der Waals surface area contributed by atoms with Crippen LogP contribution in [0.4, 0.5) is 27.6 Å². The Hall–Kier alpha value is -3.04. The molecule has 0 fully saturated rings. The summed E-state index contributed by atoms with van der Waals surface area (Å²) in [4.78, 5) is 19.6. The lowest BCUT2D eigenvalue weighted by Gasteiger charge is -2.37. The Morgan fingerprint density at radius 1 is 1.14 bits per heavy atom. The number of amidine groups is 1. The number of nitrogens with one attached hydrogen (secondary N) is 1. The summed E-state index contributed by atoms with van der Waals surface area (Å²) >= 11 is 0. The van der Waals surface area contributed by atoms with Crippen LogP contribution in [0.5, 0.6) is 0 Å². The standard InChI is InChI=1S/C19H17F5N4O/c20-9-18(24)5-6-19(10-21,28-17(18)25)13-7-12(2-3-14(13)23)27-16(29)15-4-1-11(22)8-26-15/h1-4,7-8H,5-6,9-10H2,(H2,25,28)(H,27,29)/t18-,19-/m1/s1. The van der Waals surface area contributed by atoms with Crippen LogP contribution in [0.2, 0.25) is 0 Å². The Morgan fingerprint density at radius 2 is 1.90 bits per heavy atom. The van der Waals surface area contributed by atoms with Gasteiger partial charge < -0.3 is 11.1 Å². The van der Waals surface area contributed by atoms with Gasteiger partial charge in [0.15, 0.2) is 5.67 Å². The summed E-state index contributed by atoms with van der Waals surface area (Å²) in [7, 11) is 0. The van der Waals surface area contributed by atoms with E-state index in [1.165, 1.54) is 6.07 Å². The average Bonchev–Trinajstić information content (AvgIpc) is 2.72. The van der Waals surface area contributed by atoms with Gasteiger partial charge in [0.1, 0.15) is 42.1 Å². The number of halogens is 5. The SMILES string of the molecule is NC1=N[C@](CF)(c2cc(NC(=O)c3ccc(F)cn3)ccc2F)CC[C@@]1(F)CF. The molecule has 0 saturated heterocycles. The molecule has 29 heavy (non-hydrogen) atoms. The van der Waals surface area contributed by atoms with Crippen molar-refractivity contribution in [3.63, 3.8) is 0 Å². The number of alkyl halides is 3. The third kappa shape index (κ3) is 3.92. The van der Waals surface area contributed by atoms with E-state index in [9.17, 15) is 26.7 Å². The molecule has 0 saturated carbocycles. The first-order valence-corrected chi connectivity index (χ1v) is 8.62. The summed E-state index contributed by atoms with van der Waals surface area (Å²) in [5, 5.41) is 2.44. The van der Waals surface area contributed by atoms with Gasteiger partial charge in [0.25, 0.3) is 5.91 Å². The summed E-state index contributed by atoms with van der Waals surface area (Å²) in [5.41, 5.74) is 0.883. The first-order valence-electron chi connectivity index (χ1n) is 8.62. The number of benzene rings is 1. The second kappa shape index (κ2) is 7.76. The number of anilines is 1. The number of hydrogen-bond donors (Lipinski definition) is 2. The Bertz CT molecular complexity index is 952. The lowest BCUT2D eigenvalue weighted by atomic mass is 9.80. The van der Waals surface area contributed by atoms with Crippen LogP contribution in [-0.4, -0.2) is 35.7 Å². The van der Waals surface area contributed by atoms with Gasteiger partial charge >= 0.3 is 0 Å². The fourth-order valence-corrected chi connectivity index (χ4v) is 3.08. The highest BCUT2D eigenvalue weighted by molar-refractivity contribution is 6.02. The van der Waals surface area contributed by atoms with Crippen molar-refractivity contribution < 1.29 is 26.7 Å². The molecule has 2 aromatic rings. The minimum Gasteiger partial charge on any atom is -0.385 e. The Balaban J connectivity index is 1.94. The van der Waals surface area contributed by atoms with E-state index in [2.05, 4.69) is 15.3 Å². The van der Waals surface area contributed by atoms with Gasteiger partial charge in [-0.15, -0.1) is 0 Å². The quantitative estimate of drug-likeness (QED) is 0.737. The van der Waals surface area contributed by atoms with E-state index < -0.39 is 54.4 Å². The predicted molar refractivity (Wildman–Crippen MR) is 96.9 cm³/mol. The van der Waals surface area contributed by atoms with E-state index in [0.717, 1.165) is 30.5 Å². The topological polar surface area (TPSA) is 80.4 Å². The van der Waals surface area contributed by atoms with E-state index >= 15 is 0 Å². The normalized spacial score (nSPS) is 24.1. The molecule has 2 atom stereocenters. The Morgan fingerprint density at radius 3 is 2.48 bits per heavy atom. The number of nitrogens with zero attached hydrogens (tertiary/aromatic N) is 2. The van der Waals surface area contributed by atoms with Crippen LogP contribution < -0.4 is 11.1 Å². The molecule has 2 heterocycles. The molecule has 1 aliphatic rings. The highest BCUT2D eigenvalue weighted by Crippen LogP contribution is 2.41. The second-order valence-corrected chi connectivity index (χ2v) is 6.77. The van der Waals surface area contributed by atoms with Crippen molar-refractivity contribution in [3.05, 3.63) is 59.4 Å². The molecule has 3 N–H and O–H groups in total. The molecule has 1 aliphatic heterocycles.